The maximum absolute atomic E-state index is 9.38. The molecule has 0 saturated heterocycles. The van der Waals surface area contributed by atoms with Crippen molar-refractivity contribution in [3.05, 3.63) is 127 Å². The van der Waals surface area contributed by atoms with Crippen molar-refractivity contribution in [3.8, 4) is 0 Å². The summed E-state index contributed by atoms with van der Waals surface area (Å²) in [5, 5.41) is -2.93. The Morgan fingerprint density at radius 2 is 1.15 bits per heavy atom. The molecule has 160 valence electrons. The van der Waals surface area contributed by atoms with Crippen molar-refractivity contribution < 1.29 is 33.2 Å². The standard InChI is InChI=1S/C32H21NO/c1-3-10-23(11-4-1)33(24-12-5-2-6-13-24)30-16-9-15-25-26(30)19-18-22-20-32-29(21-28(22)25)27-14-7-8-17-31(27)34-32/h1-21H/i1D,2D,3D,4D,5D,6D,7D,8D,9D,10D,11D,12D,13D,14D,15D,16D,17D,18D,19D,20D,21D. The second-order valence-corrected chi connectivity index (χ2v) is 7.02. The summed E-state index contributed by atoms with van der Waals surface area (Å²) in [6.07, 6.45) is 0. The van der Waals surface area contributed by atoms with Gasteiger partial charge in [0.1, 0.15) is 11.2 Å². The van der Waals surface area contributed by atoms with Crippen LogP contribution in [0.15, 0.2) is 131 Å². The van der Waals surface area contributed by atoms with Gasteiger partial charge in [-0.3, -0.25) is 0 Å². The van der Waals surface area contributed by atoms with E-state index >= 15 is 0 Å². The summed E-state index contributed by atoms with van der Waals surface area (Å²) in [5.74, 6) is 0. The van der Waals surface area contributed by atoms with Gasteiger partial charge in [-0.15, -0.1) is 0 Å². The number of furan rings is 1. The number of benzene rings is 6. The second kappa shape index (κ2) is 7.50. The molecule has 0 aliphatic rings. The van der Waals surface area contributed by atoms with Crippen molar-refractivity contribution >= 4 is 60.5 Å². The Balaban J connectivity index is 1.83. The molecule has 7 rings (SSSR count). The Kier molecular flexibility index (Phi) is 1.65. The fourth-order valence-corrected chi connectivity index (χ4v) is 3.72. The van der Waals surface area contributed by atoms with E-state index in [0.717, 1.165) is 0 Å². The van der Waals surface area contributed by atoms with Gasteiger partial charge in [-0.1, -0.05) is 78.6 Å². The highest BCUT2D eigenvalue weighted by Crippen LogP contribution is 2.41. The highest BCUT2D eigenvalue weighted by atomic mass is 16.3. The Labute approximate surface area is 226 Å². The number of hydrogen-bond donors (Lipinski definition) is 0. The summed E-state index contributed by atoms with van der Waals surface area (Å²) in [4.78, 5) is 0.527. The van der Waals surface area contributed by atoms with Gasteiger partial charge in [-0.2, -0.15) is 0 Å². The Morgan fingerprint density at radius 1 is 0.471 bits per heavy atom. The zero-order valence-corrected chi connectivity index (χ0v) is 16.9. The molecule has 34 heavy (non-hydrogen) atoms. The number of hydrogen-bond acceptors (Lipinski definition) is 2. The van der Waals surface area contributed by atoms with Crippen LogP contribution in [0, 0.1) is 0 Å². The number of fused-ring (bicyclic) bond motifs is 6. The van der Waals surface area contributed by atoms with Gasteiger partial charge in [0.15, 0.2) is 0 Å². The fourth-order valence-electron chi connectivity index (χ4n) is 3.72. The lowest BCUT2D eigenvalue weighted by Crippen LogP contribution is -2.10. The van der Waals surface area contributed by atoms with Crippen molar-refractivity contribution in [1.82, 2.24) is 0 Å². The van der Waals surface area contributed by atoms with E-state index < -0.39 is 177 Å². The van der Waals surface area contributed by atoms with E-state index in [1.165, 1.54) is 0 Å². The smallest absolute Gasteiger partial charge is 0.136 e. The summed E-state index contributed by atoms with van der Waals surface area (Å²) in [6, 6.07) is -18.2. The average Bonchev–Trinajstić information content (AvgIpc) is 3.57. The zero-order chi connectivity index (χ0) is 40.8. The highest BCUT2D eigenvalue weighted by Gasteiger charge is 2.16. The molecule has 6 aromatic carbocycles. The number of anilines is 3. The summed E-state index contributed by atoms with van der Waals surface area (Å²) in [7, 11) is 0. The van der Waals surface area contributed by atoms with E-state index in [1.54, 1.807) is 0 Å². The second-order valence-electron chi connectivity index (χ2n) is 7.02. The van der Waals surface area contributed by atoms with Gasteiger partial charge in [0.05, 0.1) is 34.5 Å². The lowest BCUT2D eigenvalue weighted by atomic mass is 9.98. The van der Waals surface area contributed by atoms with Gasteiger partial charge >= 0.3 is 0 Å². The van der Waals surface area contributed by atoms with Gasteiger partial charge < -0.3 is 9.32 Å². The third-order valence-electron chi connectivity index (χ3n) is 5.13. The molecule has 0 bridgehead atoms. The summed E-state index contributed by atoms with van der Waals surface area (Å²) < 4.78 is 188. The topological polar surface area (TPSA) is 16.4 Å². The largest absolute Gasteiger partial charge is 0.456 e. The van der Waals surface area contributed by atoms with Crippen LogP contribution in [0.4, 0.5) is 17.1 Å². The van der Waals surface area contributed by atoms with Crippen LogP contribution in [0.3, 0.4) is 0 Å². The molecule has 0 aliphatic carbocycles. The molecule has 0 unspecified atom stereocenters. The van der Waals surface area contributed by atoms with Crippen molar-refractivity contribution in [3.63, 3.8) is 0 Å². The third-order valence-corrected chi connectivity index (χ3v) is 5.13. The van der Waals surface area contributed by atoms with Crippen LogP contribution in [0.2, 0.25) is 0 Å². The van der Waals surface area contributed by atoms with Gasteiger partial charge in [-0.25, -0.2) is 0 Å². The normalized spacial score (nSPS) is 20.2. The minimum atomic E-state index is -1.01. The maximum atomic E-state index is 9.38. The predicted molar refractivity (Wildman–Crippen MR) is 143 cm³/mol. The van der Waals surface area contributed by atoms with E-state index in [9.17, 15) is 2.74 Å². The van der Waals surface area contributed by atoms with Gasteiger partial charge in [0.2, 0.25) is 0 Å². The summed E-state index contributed by atoms with van der Waals surface area (Å²) in [6.45, 7) is 0. The zero-order valence-electron chi connectivity index (χ0n) is 37.9. The molecule has 0 N–H and O–H groups in total. The Morgan fingerprint density at radius 3 is 1.91 bits per heavy atom. The molecule has 1 heterocycles. The molecule has 2 heteroatoms. The maximum Gasteiger partial charge on any atom is 0.136 e. The van der Waals surface area contributed by atoms with E-state index in [-0.39, 0.29) is 10.8 Å². The molecule has 0 atom stereocenters. The molecule has 0 fully saturated rings. The minimum absolute atomic E-state index is 0.328. The van der Waals surface area contributed by atoms with E-state index in [0.29, 0.717) is 4.90 Å². The van der Waals surface area contributed by atoms with Gasteiger partial charge in [0, 0.05) is 27.5 Å². The quantitative estimate of drug-likeness (QED) is 0.246. The molecular formula is C32H21NO. The van der Waals surface area contributed by atoms with Crippen LogP contribution in [-0.2, 0) is 0 Å². The number of para-hydroxylation sites is 3. The summed E-state index contributed by atoms with van der Waals surface area (Å²) >= 11 is 0. The summed E-state index contributed by atoms with van der Waals surface area (Å²) in [5.41, 5.74) is -3.50. The number of nitrogens with zero attached hydrogens (tertiary/aromatic N) is 1. The first-order valence-corrected chi connectivity index (χ1v) is 9.83. The van der Waals surface area contributed by atoms with Crippen LogP contribution >= 0.6 is 0 Å². The molecule has 1 aromatic heterocycles. The monoisotopic (exact) mass is 456 g/mol. The van der Waals surface area contributed by atoms with Crippen molar-refractivity contribution in [2.75, 3.05) is 4.90 Å². The minimum Gasteiger partial charge on any atom is -0.456 e. The Bertz CT molecular complexity index is 2830. The van der Waals surface area contributed by atoms with Crippen LogP contribution in [0.5, 0.6) is 0 Å². The fraction of sp³-hybridized carbons (Fsp3) is 0. The van der Waals surface area contributed by atoms with E-state index in [1.807, 2.05) is 0 Å². The van der Waals surface area contributed by atoms with Crippen LogP contribution < -0.4 is 4.90 Å². The first kappa shape index (κ1) is 7.48. The van der Waals surface area contributed by atoms with E-state index in [4.69, 9.17) is 30.5 Å². The van der Waals surface area contributed by atoms with Gasteiger partial charge in [-0.05, 0) is 64.5 Å². The predicted octanol–water partition coefficient (Wildman–Crippen LogP) is 9.36. The molecule has 0 amide bonds. The first-order valence-electron chi connectivity index (χ1n) is 20.3. The average molecular weight is 457 g/mol. The van der Waals surface area contributed by atoms with Crippen molar-refractivity contribution in [2.24, 2.45) is 0 Å². The van der Waals surface area contributed by atoms with Crippen molar-refractivity contribution in [1.29, 1.82) is 0 Å². The molecule has 7 aromatic rings. The van der Waals surface area contributed by atoms with Crippen LogP contribution in [0.1, 0.15) is 28.8 Å². The third kappa shape index (κ3) is 2.89. The molecule has 0 spiro atoms. The molecule has 0 aliphatic heterocycles. The molecule has 0 saturated carbocycles. The van der Waals surface area contributed by atoms with Crippen LogP contribution in [0.25, 0.3) is 43.5 Å². The lowest BCUT2D eigenvalue weighted by Gasteiger charge is -2.27. The molecule has 0 radical (unpaired) electrons. The van der Waals surface area contributed by atoms with Gasteiger partial charge in [0.25, 0.3) is 0 Å². The van der Waals surface area contributed by atoms with Crippen molar-refractivity contribution in [2.45, 2.75) is 0 Å². The number of rotatable bonds is 3. The SMILES string of the molecule is [2H]c1c([2H])c([2H])c(N(c2c([2H])c([2H])c([2H])c([2H])c2[2H])c2c([2H])c([2H])c([2H])c3c2c([2H])c([2H])c2c([2H])c4oc5c([2H])c([2H])c([2H])c([2H])c5c4c([2H])c23)c([2H])c1[2H]. The highest BCUT2D eigenvalue weighted by molar-refractivity contribution is 6.18. The van der Waals surface area contributed by atoms with E-state index in [2.05, 4.69) is 0 Å². The lowest BCUT2D eigenvalue weighted by molar-refractivity contribution is 0.669. The van der Waals surface area contributed by atoms with Crippen LogP contribution in [-0.4, -0.2) is 0 Å². The molecular weight excluding hydrogens is 414 g/mol. The first-order chi connectivity index (χ1) is 25.6. The Hall–Kier alpha value is -4.56. The molecule has 2 nitrogen and oxygen atoms in total.